The molecule has 1 atom stereocenters. The van der Waals surface area contributed by atoms with E-state index in [1.54, 1.807) is 0 Å². The Bertz CT molecular complexity index is 319. The van der Waals surface area contributed by atoms with Crippen LogP contribution in [0.4, 0.5) is 5.69 Å². The second kappa shape index (κ2) is 4.64. The third-order valence-electron chi connectivity index (χ3n) is 2.84. The average Bonchev–Trinajstić information content (AvgIpc) is 2.28. The summed E-state index contributed by atoms with van der Waals surface area (Å²) >= 11 is 0. The van der Waals surface area contributed by atoms with Crippen LogP contribution in [-0.4, -0.2) is 32.4 Å². The van der Waals surface area contributed by atoms with E-state index in [0.717, 1.165) is 11.3 Å². The van der Waals surface area contributed by atoms with Gasteiger partial charge in [0.25, 0.3) is 0 Å². The number of anilines is 1. The number of hydrogen-bond acceptors (Lipinski definition) is 3. The van der Waals surface area contributed by atoms with Crippen molar-refractivity contribution in [3.63, 3.8) is 0 Å². The molecule has 15 heavy (non-hydrogen) atoms. The molecule has 0 bridgehead atoms. The lowest BCUT2D eigenvalue weighted by molar-refractivity contribution is 0.210. The highest BCUT2D eigenvalue weighted by Gasteiger charge is 2.27. The minimum Gasteiger partial charge on any atom is -0.395 e. The van der Waals surface area contributed by atoms with Crippen molar-refractivity contribution in [3.8, 4) is 0 Å². The van der Waals surface area contributed by atoms with Gasteiger partial charge in [0.05, 0.1) is 6.61 Å². The maximum Gasteiger partial charge on any atom is 0.0538 e. The minimum atomic E-state index is -0.360. The SMILES string of the molecule is CN(C)c1ccccc1C(C)(CN)CO. The predicted octanol–water partition coefficient (Wildman–Crippen LogP) is 0.961. The van der Waals surface area contributed by atoms with E-state index in [9.17, 15) is 5.11 Å². The molecule has 0 saturated heterocycles. The van der Waals surface area contributed by atoms with Crippen LogP contribution in [0.15, 0.2) is 24.3 Å². The molecule has 0 saturated carbocycles. The number of aliphatic hydroxyl groups excluding tert-OH is 1. The molecule has 0 aromatic heterocycles. The van der Waals surface area contributed by atoms with E-state index in [-0.39, 0.29) is 12.0 Å². The Labute approximate surface area is 91.5 Å². The molecule has 0 aliphatic rings. The number of nitrogens with two attached hydrogens (primary N) is 1. The van der Waals surface area contributed by atoms with E-state index in [0.29, 0.717) is 6.54 Å². The van der Waals surface area contributed by atoms with Crippen molar-refractivity contribution in [1.29, 1.82) is 0 Å². The molecule has 0 amide bonds. The van der Waals surface area contributed by atoms with E-state index in [2.05, 4.69) is 0 Å². The fourth-order valence-corrected chi connectivity index (χ4v) is 1.63. The van der Waals surface area contributed by atoms with Crippen LogP contribution in [0.5, 0.6) is 0 Å². The summed E-state index contributed by atoms with van der Waals surface area (Å²) in [5, 5.41) is 9.45. The number of para-hydroxylation sites is 1. The largest absolute Gasteiger partial charge is 0.395 e. The molecule has 1 rings (SSSR count). The van der Waals surface area contributed by atoms with Crippen molar-refractivity contribution in [3.05, 3.63) is 29.8 Å². The molecule has 3 nitrogen and oxygen atoms in total. The zero-order valence-corrected chi connectivity index (χ0v) is 9.70. The average molecular weight is 208 g/mol. The normalized spacial score (nSPS) is 14.7. The predicted molar refractivity (Wildman–Crippen MR) is 64.3 cm³/mol. The van der Waals surface area contributed by atoms with Crippen LogP contribution in [0, 0.1) is 0 Å². The molecule has 0 spiro atoms. The molecule has 0 aliphatic carbocycles. The van der Waals surface area contributed by atoms with Crippen LogP contribution in [0.2, 0.25) is 0 Å². The molecule has 1 aromatic carbocycles. The maximum atomic E-state index is 9.45. The van der Waals surface area contributed by atoms with E-state index in [4.69, 9.17) is 5.73 Å². The van der Waals surface area contributed by atoms with Gasteiger partial charge in [-0.15, -0.1) is 0 Å². The minimum absolute atomic E-state index is 0.0638. The van der Waals surface area contributed by atoms with Crippen molar-refractivity contribution >= 4 is 5.69 Å². The summed E-state index contributed by atoms with van der Waals surface area (Å²) in [6.45, 7) is 2.48. The highest BCUT2D eigenvalue weighted by molar-refractivity contribution is 5.55. The van der Waals surface area contributed by atoms with Crippen LogP contribution in [0.25, 0.3) is 0 Å². The first-order chi connectivity index (χ1) is 7.05. The maximum absolute atomic E-state index is 9.45. The highest BCUT2D eigenvalue weighted by atomic mass is 16.3. The Kier molecular flexibility index (Phi) is 3.72. The van der Waals surface area contributed by atoms with Crippen molar-refractivity contribution < 1.29 is 5.11 Å². The second-order valence-corrected chi connectivity index (χ2v) is 4.33. The first kappa shape index (κ1) is 12.0. The number of rotatable bonds is 4. The molecule has 0 aliphatic heterocycles. The molecule has 0 heterocycles. The smallest absolute Gasteiger partial charge is 0.0538 e. The molecule has 1 aromatic rings. The van der Waals surface area contributed by atoms with Gasteiger partial charge in [0.2, 0.25) is 0 Å². The first-order valence-electron chi connectivity index (χ1n) is 5.13. The topological polar surface area (TPSA) is 49.5 Å². The Morgan fingerprint density at radius 1 is 1.33 bits per heavy atom. The van der Waals surface area contributed by atoms with Gasteiger partial charge in [0.1, 0.15) is 0 Å². The van der Waals surface area contributed by atoms with Crippen LogP contribution in [-0.2, 0) is 5.41 Å². The molecule has 84 valence electrons. The summed E-state index contributed by atoms with van der Waals surface area (Å²) in [5.41, 5.74) is 7.59. The van der Waals surface area contributed by atoms with E-state index < -0.39 is 0 Å². The fourth-order valence-electron chi connectivity index (χ4n) is 1.63. The number of nitrogens with zero attached hydrogens (tertiary/aromatic N) is 1. The zero-order chi connectivity index (χ0) is 11.5. The van der Waals surface area contributed by atoms with Gasteiger partial charge in [-0.05, 0) is 11.6 Å². The lowest BCUT2D eigenvalue weighted by Crippen LogP contribution is -2.36. The van der Waals surface area contributed by atoms with Crippen LogP contribution in [0.3, 0.4) is 0 Å². The first-order valence-corrected chi connectivity index (χ1v) is 5.13. The molecular weight excluding hydrogens is 188 g/mol. The molecule has 0 fully saturated rings. The van der Waals surface area contributed by atoms with Gasteiger partial charge in [-0.2, -0.15) is 0 Å². The summed E-state index contributed by atoms with van der Waals surface area (Å²) in [4.78, 5) is 2.04. The molecule has 1 unspecified atom stereocenters. The fraction of sp³-hybridized carbons (Fsp3) is 0.500. The Morgan fingerprint density at radius 2 is 1.93 bits per heavy atom. The van der Waals surface area contributed by atoms with Gasteiger partial charge in [0, 0.05) is 31.7 Å². The zero-order valence-electron chi connectivity index (χ0n) is 9.70. The van der Waals surface area contributed by atoms with Crippen LogP contribution in [0.1, 0.15) is 12.5 Å². The summed E-state index contributed by atoms with van der Waals surface area (Å²) in [6.07, 6.45) is 0. The van der Waals surface area contributed by atoms with Crippen molar-refractivity contribution in [2.75, 3.05) is 32.1 Å². The number of benzene rings is 1. The monoisotopic (exact) mass is 208 g/mol. The second-order valence-electron chi connectivity index (χ2n) is 4.33. The molecule has 3 heteroatoms. The Morgan fingerprint density at radius 3 is 2.40 bits per heavy atom. The van der Waals surface area contributed by atoms with E-state index >= 15 is 0 Å². The third kappa shape index (κ3) is 2.30. The summed E-state index contributed by atoms with van der Waals surface area (Å²) in [5.74, 6) is 0. The third-order valence-corrected chi connectivity index (χ3v) is 2.84. The summed E-state index contributed by atoms with van der Waals surface area (Å²) in [6, 6.07) is 8.04. The summed E-state index contributed by atoms with van der Waals surface area (Å²) in [7, 11) is 3.99. The van der Waals surface area contributed by atoms with E-state index in [1.807, 2.05) is 50.2 Å². The van der Waals surface area contributed by atoms with Gasteiger partial charge in [-0.3, -0.25) is 0 Å². The van der Waals surface area contributed by atoms with Gasteiger partial charge >= 0.3 is 0 Å². The quantitative estimate of drug-likeness (QED) is 0.775. The lowest BCUT2D eigenvalue weighted by Gasteiger charge is -2.30. The lowest BCUT2D eigenvalue weighted by atomic mass is 9.82. The number of aliphatic hydroxyl groups is 1. The van der Waals surface area contributed by atoms with Crippen molar-refractivity contribution in [2.24, 2.45) is 5.73 Å². The Hall–Kier alpha value is -1.06. The number of hydrogen-bond donors (Lipinski definition) is 2. The van der Waals surface area contributed by atoms with Crippen molar-refractivity contribution in [1.82, 2.24) is 0 Å². The molecule has 0 radical (unpaired) electrons. The van der Waals surface area contributed by atoms with Gasteiger partial charge in [0.15, 0.2) is 0 Å². The van der Waals surface area contributed by atoms with E-state index in [1.165, 1.54) is 0 Å². The van der Waals surface area contributed by atoms with Gasteiger partial charge in [-0.1, -0.05) is 25.1 Å². The van der Waals surface area contributed by atoms with Crippen molar-refractivity contribution in [2.45, 2.75) is 12.3 Å². The molecule has 3 N–H and O–H groups in total. The van der Waals surface area contributed by atoms with Gasteiger partial charge in [-0.25, -0.2) is 0 Å². The van der Waals surface area contributed by atoms with Gasteiger partial charge < -0.3 is 15.7 Å². The molecular formula is C12H20N2O. The Balaban J connectivity index is 3.23. The standard InChI is InChI=1S/C12H20N2O/c1-12(8-13,9-15)10-6-4-5-7-11(10)14(2)3/h4-7,15H,8-9,13H2,1-3H3. The van der Waals surface area contributed by atoms with Crippen LogP contribution >= 0.6 is 0 Å². The highest BCUT2D eigenvalue weighted by Crippen LogP contribution is 2.30. The van der Waals surface area contributed by atoms with Crippen LogP contribution < -0.4 is 10.6 Å². The summed E-state index contributed by atoms with van der Waals surface area (Å²) < 4.78 is 0.